The summed E-state index contributed by atoms with van der Waals surface area (Å²) in [5.41, 5.74) is 6.00. The summed E-state index contributed by atoms with van der Waals surface area (Å²) in [6.45, 7) is 4.38. The van der Waals surface area contributed by atoms with Crippen LogP contribution in [0.15, 0.2) is 95.2 Å². The third-order valence-electron chi connectivity index (χ3n) is 10.7. The van der Waals surface area contributed by atoms with Crippen LogP contribution < -0.4 is 28.9 Å². The van der Waals surface area contributed by atoms with E-state index in [-0.39, 0.29) is 23.9 Å². The first-order chi connectivity index (χ1) is 27.5. The van der Waals surface area contributed by atoms with Crippen molar-refractivity contribution in [1.29, 1.82) is 0 Å². The molecule has 4 aliphatic heterocycles. The highest BCUT2D eigenvalue weighted by atomic mass is 28.4. The van der Waals surface area contributed by atoms with Crippen LogP contribution >= 0.6 is 0 Å². The molecule has 12 nitrogen and oxygen atoms in total. The summed E-state index contributed by atoms with van der Waals surface area (Å²) >= 11 is 0. The van der Waals surface area contributed by atoms with Gasteiger partial charge in [-0.15, -0.1) is 0 Å². The van der Waals surface area contributed by atoms with E-state index in [4.69, 9.17) is 33.7 Å². The third-order valence-corrected chi connectivity index (χ3v) is 12.4. The number of aliphatic imine (C=N–C) groups is 2. The fourth-order valence-corrected chi connectivity index (χ4v) is 8.45. The van der Waals surface area contributed by atoms with Crippen LogP contribution in [0.4, 0.5) is 11.4 Å². The Kier molecular flexibility index (Phi) is 10.2. The molecule has 4 heterocycles. The highest BCUT2D eigenvalue weighted by Gasteiger charge is 2.35. The zero-order chi connectivity index (χ0) is 39.8. The minimum absolute atomic E-state index is 0.160. The lowest BCUT2D eigenvalue weighted by molar-refractivity contribution is 0.0809. The maximum Gasteiger partial charge on any atom is 0.260 e. The topological polar surface area (TPSA) is 132 Å². The standard InChI is InChI=1S/C44H44N4O8Si/c1-52-33-11-7-27(8-12-33)29-17-31-23-45-37-21-41(39(53-2)19-35(37)43(49)47(31)25-29)55-15-6-16-56-42-22-38-36(20-40(42)54-3)44(50)48-26-30(18-32(48)24-46-38)28-9-13-34(14-10-28)57(4,5)51/h7-14,19-26,31-32,51H,6,15-18H2,1-5H3/t31-,32-/m0/s1. The van der Waals surface area contributed by atoms with Gasteiger partial charge in [0.25, 0.3) is 11.8 Å². The summed E-state index contributed by atoms with van der Waals surface area (Å²) < 4.78 is 28.9. The molecule has 0 radical (unpaired) electrons. The van der Waals surface area contributed by atoms with Crippen LogP contribution in [0.25, 0.3) is 11.1 Å². The van der Waals surface area contributed by atoms with Crippen molar-refractivity contribution in [2.24, 2.45) is 9.98 Å². The van der Waals surface area contributed by atoms with Crippen LogP contribution in [0, 0.1) is 0 Å². The van der Waals surface area contributed by atoms with Crippen LogP contribution in [0.2, 0.25) is 13.1 Å². The number of amides is 2. The van der Waals surface area contributed by atoms with Crippen LogP contribution in [0.5, 0.6) is 28.7 Å². The van der Waals surface area contributed by atoms with Crippen molar-refractivity contribution in [1.82, 2.24) is 9.80 Å². The highest BCUT2D eigenvalue weighted by Crippen LogP contribution is 2.42. The second kappa shape index (κ2) is 15.4. The molecule has 0 saturated carbocycles. The van der Waals surface area contributed by atoms with Gasteiger partial charge in [0.05, 0.1) is 69.1 Å². The summed E-state index contributed by atoms with van der Waals surface area (Å²) in [7, 11) is 2.31. The average Bonchev–Trinajstić information content (AvgIpc) is 3.80. The van der Waals surface area contributed by atoms with E-state index in [1.165, 1.54) is 7.11 Å². The van der Waals surface area contributed by atoms with E-state index in [9.17, 15) is 14.4 Å². The molecule has 13 heteroatoms. The molecular weight excluding hydrogens is 741 g/mol. The Bertz CT molecular complexity index is 2350. The number of nitrogens with zero attached hydrogens (tertiary/aromatic N) is 4. The maximum absolute atomic E-state index is 13.8. The Morgan fingerprint density at radius 2 is 1.11 bits per heavy atom. The molecule has 0 aromatic heterocycles. The van der Waals surface area contributed by atoms with Gasteiger partial charge in [-0.3, -0.25) is 19.6 Å². The molecule has 0 spiro atoms. The van der Waals surface area contributed by atoms with E-state index in [1.807, 2.05) is 80.2 Å². The van der Waals surface area contributed by atoms with Crippen molar-refractivity contribution < 1.29 is 38.1 Å². The SMILES string of the molecule is COc1ccc(C2=CN3C(=O)c4cc(OC)c(OCCCOc5cc6c(cc5OC)C(=O)N5C=C(c7ccc([Si](C)(C)O)cc7)C[C@H]5C=N6)cc4N=C[C@@H]3C2)cc1. The molecule has 292 valence electrons. The normalized spacial score (nSPS) is 18.1. The highest BCUT2D eigenvalue weighted by molar-refractivity contribution is 6.83. The molecule has 4 aliphatic rings. The van der Waals surface area contributed by atoms with E-state index in [0.717, 1.165) is 33.2 Å². The molecule has 0 aliphatic carbocycles. The average molecular weight is 785 g/mol. The smallest absolute Gasteiger partial charge is 0.260 e. The summed E-state index contributed by atoms with van der Waals surface area (Å²) in [6.07, 6.45) is 9.20. The molecule has 0 bridgehead atoms. The molecular formula is C44H44N4O8Si. The molecule has 1 N–H and O–H groups in total. The first kappa shape index (κ1) is 37.7. The fourth-order valence-electron chi connectivity index (χ4n) is 7.46. The van der Waals surface area contributed by atoms with Crippen molar-refractivity contribution in [3.63, 3.8) is 0 Å². The van der Waals surface area contributed by atoms with Gasteiger partial charge in [-0.05, 0) is 64.8 Å². The minimum atomic E-state index is -2.41. The Hall–Kier alpha value is -6.18. The first-order valence-electron chi connectivity index (χ1n) is 18.9. The predicted molar refractivity (Wildman–Crippen MR) is 222 cm³/mol. The lowest BCUT2D eigenvalue weighted by Crippen LogP contribution is -2.41. The van der Waals surface area contributed by atoms with E-state index in [1.54, 1.807) is 54.5 Å². The van der Waals surface area contributed by atoms with Crippen molar-refractivity contribution in [2.45, 2.75) is 44.4 Å². The van der Waals surface area contributed by atoms with E-state index >= 15 is 0 Å². The van der Waals surface area contributed by atoms with E-state index in [2.05, 4.69) is 0 Å². The van der Waals surface area contributed by atoms with Gasteiger partial charge in [0.2, 0.25) is 8.32 Å². The second-order valence-corrected chi connectivity index (χ2v) is 18.5. The van der Waals surface area contributed by atoms with Crippen LogP contribution in [-0.4, -0.2) is 93.8 Å². The number of ether oxygens (including phenoxy) is 5. The Balaban J connectivity index is 0.903. The minimum Gasteiger partial charge on any atom is -0.497 e. The number of carbonyl (C=O) groups excluding carboxylic acids is 2. The molecule has 4 aromatic carbocycles. The number of carbonyl (C=O) groups is 2. The summed E-state index contributed by atoms with van der Waals surface area (Å²) in [5, 5.41) is 0.960. The summed E-state index contributed by atoms with van der Waals surface area (Å²) in [6, 6.07) is 22.2. The lowest BCUT2D eigenvalue weighted by Gasteiger charge is -2.19. The molecule has 2 atom stereocenters. The van der Waals surface area contributed by atoms with Gasteiger partial charge in [0.1, 0.15) is 5.75 Å². The number of hydrogen-bond acceptors (Lipinski definition) is 10. The number of methoxy groups -OCH3 is 3. The molecule has 0 fully saturated rings. The Morgan fingerprint density at radius 3 is 1.53 bits per heavy atom. The van der Waals surface area contributed by atoms with Crippen molar-refractivity contribution in [2.75, 3.05) is 34.5 Å². The monoisotopic (exact) mass is 784 g/mol. The molecule has 2 amide bonds. The van der Waals surface area contributed by atoms with Gasteiger partial charge >= 0.3 is 0 Å². The zero-order valence-corrected chi connectivity index (χ0v) is 33.5. The zero-order valence-electron chi connectivity index (χ0n) is 32.5. The molecule has 8 rings (SSSR count). The van der Waals surface area contributed by atoms with Gasteiger partial charge in [-0.25, -0.2) is 0 Å². The Labute approximate surface area is 332 Å². The predicted octanol–water partition coefficient (Wildman–Crippen LogP) is 6.91. The summed E-state index contributed by atoms with van der Waals surface area (Å²) in [4.78, 5) is 50.9. The largest absolute Gasteiger partial charge is 0.497 e. The van der Waals surface area contributed by atoms with Crippen LogP contribution in [0.3, 0.4) is 0 Å². The van der Waals surface area contributed by atoms with Gasteiger partial charge < -0.3 is 38.3 Å². The van der Waals surface area contributed by atoms with Crippen molar-refractivity contribution in [3.05, 3.63) is 107 Å². The fraction of sp³-hybridized carbons (Fsp3) is 0.273. The number of rotatable bonds is 12. The van der Waals surface area contributed by atoms with Gasteiger partial charge in [-0.2, -0.15) is 0 Å². The van der Waals surface area contributed by atoms with E-state index in [0.29, 0.717) is 78.0 Å². The number of benzene rings is 4. The van der Waals surface area contributed by atoms with Gasteiger partial charge in [-0.1, -0.05) is 36.4 Å². The van der Waals surface area contributed by atoms with E-state index < -0.39 is 8.32 Å². The first-order valence-corrected chi connectivity index (χ1v) is 21.8. The maximum atomic E-state index is 13.8. The quantitative estimate of drug-likeness (QED) is 0.121. The van der Waals surface area contributed by atoms with Gasteiger partial charge in [0, 0.05) is 56.2 Å². The summed E-state index contributed by atoms with van der Waals surface area (Å²) in [5.74, 6) is 2.24. The molecule has 0 saturated heterocycles. The lowest BCUT2D eigenvalue weighted by atomic mass is 10.0. The van der Waals surface area contributed by atoms with Crippen LogP contribution in [0.1, 0.15) is 51.1 Å². The number of hydrogen-bond donors (Lipinski definition) is 1. The van der Waals surface area contributed by atoms with Crippen molar-refractivity contribution in [3.8, 4) is 28.7 Å². The number of fused-ring (bicyclic) bond motifs is 4. The molecule has 57 heavy (non-hydrogen) atoms. The molecule has 4 aromatic rings. The van der Waals surface area contributed by atoms with Crippen LogP contribution in [-0.2, 0) is 0 Å². The van der Waals surface area contributed by atoms with Gasteiger partial charge in [0.15, 0.2) is 23.0 Å². The van der Waals surface area contributed by atoms with Crippen molar-refractivity contribution >= 4 is 60.3 Å². The Morgan fingerprint density at radius 1 is 0.649 bits per heavy atom. The molecule has 0 unspecified atom stereocenters. The third kappa shape index (κ3) is 7.43. The second-order valence-electron chi connectivity index (χ2n) is 14.8.